The van der Waals surface area contributed by atoms with E-state index in [1.54, 1.807) is 0 Å². The molecule has 5 heteroatoms. The van der Waals surface area contributed by atoms with E-state index in [1.807, 2.05) is 31.2 Å². The van der Waals surface area contributed by atoms with Crippen LogP contribution in [-0.2, 0) is 0 Å². The van der Waals surface area contributed by atoms with Crippen molar-refractivity contribution in [2.75, 3.05) is 32.7 Å². The Hall–Kier alpha value is -0.650. The highest BCUT2D eigenvalue weighted by atomic mass is 35.5. The number of aliphatic hydroxyl groups is 2. The average Bonchev–Trinajstić information content (AvgIpc) is 2.42. The first-order valence-electron chi connectivity index (χ1n) is 7.54. The van der Waals surface area contributed by atoms with Gasteiger partial charge < -0.3 is 10.2 Å². The predicted octanol–water partition coefficient (Wildman–Crippen LogP) is 1.76. The van der Waals surface area contributed by atoms with Crippen LogP contribution < -0.4 is 0 Å². The summed E-state index contributed by atoms with van der Waals surface area (Å²) in [5.41, 5.74) is 0.790. The maximum absolute atomic E-state index is 10.4. The highest BCUT2D eigenvalue weighted by Crippen LogP contribution is 2.24. The Kier molecular flexibility index (Phi) is 6.02. The van der Waals surface area contributed by atoms with Crippen LogP contribution in [0.4, 0.5) is 0 Å². The van der Waals surface area contributed by atoms with Crippen LogP contribution in [-0.4, -0.2) is 64.9 Å². The normalized spacial score (nSPS) is 24.0. The summed E-state index contributed by atoms with van der Waals surface area (Å²) in [6, 6.07) is 7.83. The second kappa shape index (κ2) is 7.56. The van der Waals surface area contributed by atoms with Crippen molar-refractivity contribution in [1.82, 2.24) is 9.80 Å². The molecule has 21 heavy (non-hydrogen) atoms. The number of benzene rings is 1. The fourth-order valence-electron chi connectivity index (χ4n) is 2.94. The van der Waals surface area contributed by atoms with Gasteiger partial charge in [-0.15, -0.1) is 0 Å². The molecular weight excluding hydrogens is 288 g/mol. The Labute approximate surface area is 131 Å². The summed E-state index contributed by atoms with van der Waals surface area (Å²) in [4.78, 5) is 4.56. The Bertz CT molecular complexity index is 456. The topological polar surface area (TPSA) is 46.9 Å². The van der Waals surface area contributed by atoms with Gasteiger partial charge in [-0.05, 0) is 19.9 Å². The third kappa shape index (κ3) is 4.66. The summed E-state index contributed by atoms with van der Waals surface area (Å²) in [7, 11) is 0. The van der Waals surface area contributed by atoms with E-state index in [4.69, 9.17) is 11.6 Å². The van der Waals surface area contributed by atoms with Gasteiger partial charge in [-0.2, -0.15) is 0 Å². The summed E-state index contributed by atoms with van der Waals surface area (Å²) < 4.78 is 0. The fourth-order valence-corrected chi connectivity index (χ4v) is 3.20. The highest BCUT2D eigenvalue weighted by molar-refractivity contribution is 6.31. The van der Waals surface area contributed by atoms with Crippen LogP contribution in [0.1, 0.15) is 25.5 Å². The Morgan fingerprint density at radius 1 is 1.24 bits per heavy atom. The number of piperazine rings is 1. The Morgan fingerprint density at radius 2 is 1.95 bits per heavy atom. The minimum atomic E-state index is -0.561. The molecule has 0 spiro atoms. The van der Waals surface area contributed by atoms with Gasteiger partial charge in [-0.1, -0.05) is 29.8 Å². The van der Waals surface area contributed by atoms with Gasteiger partial charge in [0.05, 0.1) is 12.2 Å². The minimum Gasteiger partial charge on any atom is -0.392 e. The van der Waals surface area contributed by atoms with Crippen molar-refractivity contribution in [1.29, 1.82) is 0 Å². The largest absolute Gasteiger partial charge is 0.392 e. The van der Waals surface area contributed by atoms with Gasteiger partial charge in [0.2, 0.25) is 0 Å². The number of halogens is 1. The molecule has 1 aromatic carbocycles. The molecule has 0 aliphatic carbocycles. The van der Waals surface area contributed by atoms with Gasteiger partial charge in [0.1, 0.15) is 0 Å². The van der Waals surface area contributed by atoms with E-state index in [2.05, 4.69) is 16.7 Å². The Morgan fingerprint density at radius 3 is 2.57 bits per heavy atom. The molecule has 0 saturated carbocycles. The third-order valence-corrected chi connectivity index (χ3v) is 4.39. The first-order valence-corrected chi connectivity index (χ1v) is 7.92. The maximum Gasteiger partial charge on any atom is 0.0931 e. The van der Waals surface area contributed by atoms with Crippen molar-refractivity contribution in [2.24, 2.45) is 0 Å². The zero-order chi connectivity index (χ0) is 15.4. The van der Waals surface area contributed by atoms with E-state index >= 15 is 0 Å². The second-order valence-corrected chi connectivity index (χ2v) is 6.40. The molecule has 1 fully saturated rings. The minimum absolute atomic E-state index is 0.298. The van der Waals surface area contributed by atoms with E-state index < -0.39 is 6.10 Å². The van der Waals surface area contributed by atoms with Crippen LogP contribution in [0.5, 0.6) is 0 Å². The molecule has 1 saturated heterocycles. The van der Waals surface area contributed by atoms with Crippen molar-refractivity contribution in [3.8, 4) is 0 Å². The molecule has 1 aliphatic heterocycles. The molecule has 0 amide bonds. The molecule has 0 aromatic heterocycles. The van der Waals surface area contributed by atoms with Gasteiger partial charge >= 0.3 is 0 Å². The SMILES string of the molecule is C[C@H](O)CN1CCN(C[C@H](O)c2ccccc2Cl)C[C@H]1C. The quantitative estimate of drug-likeness (QED) is 0.870. The van der Waals surface area contributed by atoms with Crippen LogP contribution >= 0.6 is 11.6 Å². The number of β-amino-alcohol motifs (C(OH)–C–C–N with tert-alkyl or cyclic N) is 2. The number of hydrogen-bond donors (Lipinski definition) is 2. The molecule has 0 radical (unpaired) electrons. The molecule has 1 heterocycles. The van der Waals surface area contributed by atoms with E-state index in [0.717, 1.165) is 25.2 Å². The van der Waals surface area contributed by atoms with Gasteiger partial charge in [0.25, 0.3) is 0 Å². The van der Waals surface area contributed by atoms with Crippen LogP contribution in [0.2, 0.25) is 5.02 Å². The standard InChI is InChI=1S/C16H25ClN2O2/c1-12-9-18(7-8-19(12)10-13(2)20)11-16(21)14-5-3-4-6-15(14)17/h3-6,12-13,16,20-21H,7-11H2,1-2H3/t12-,13+,16+/m1/s1. The molecule has 2 N–H and O–H groups in total. The summed E-state index contributed by atoms with van der Waals surface area (Å²) in [5.74, 6) is 0. The smallest absolute Gasteiger partial charge is 0.0931 e. The zero-order valence-corrected chi connectivity index (χ0v) is 13.5. The van der Waals surface area contributed by atoms with Crippen molar-refractivity contribution >= 4 is 11.6 Å². The van der Waals surface area contributed by atoms with Crippen LogP contribution in [0.3, 0.4) is 0 Å². The number of hydrogen-bond acceptors (Lipinski definition) is 4. The lowest BCUT2D eigenvalue weighted by Crippen LogP contribution is -2.54. The zero-order valence-electron chi connectivity index (χ0n) is 12.7. The van der Waals surface area contributed by atoms with Gasteiger partial charge in [0, 0.05) is 49.4 Å². The Balaban J connectivity index is 1.89. The third-order valence-electron chi connectivity index (χ3n) is 4.04. The van der Waals surface area contributed by atoms with E-state index in [9.17, 15) is 10.2 Å². The maximum atomic E-state index is 10.4. The van der Waals surface area contributed by atoms with Crippen molar-refractivity contribution in [2.45, 2.75) is 32.1 Å². The van der Waals surface area contributed by atoms with Gasteiger partial charge in [-0.25, -0.2) is 0 Å². The first kappa shape index (κ1) is 16.7. The highest BCUT2D eigenvalue weighted by Gasteiger charge is 2.26. The summed E-state index contributed by atoms with van der Waals surface area (Å²) in [6.07, 6.45) is -0.859. The van der Waals surface area contributed by atoms with Crippen LogP contribution in [0, 0.1) is 0 Å². The van der Waals surface area contributed by atoms with Gasteiger partial charge in [0.15, 0.2) is 0 Å². The summed E-state index contributed by atoms with van der Waals surface area (Å²) >= 11 is 6.13. The van der Waals surface area contributed by atoms with Crippen molar-refractivity contribution < 1.29 is 10.2 Å². The molecular formula is C16H25ClN2O2. The molecule has 3 atom stereocenters. The molecule has 2 rings (SSSR count). The van der Waals surface area contributed by atoms with E-state index in [1.165, 1.54) is 0 Å². The van der Waals surface area contributed by atoms with E-state index in [-0.39, 0.29) is 6.10 Å². The van der Waals surface area contributed by atoms with Crippen LogP contribution in [0.15, 0.2) is 24.3 Å². The lowest BCUT2D eigenvalue weighted by atomic mass is 10.1. The average molecular weight is 313 g/mol. The molecule has 118 valence electrons. The predicted molar refractivity (Wildman–Crippen MR) is 85.6 cm³/mol. The van der Waals surface area contributed by atoms with Gasteiger partial charge in [-0.3, -0.25) is 9.80 Å². The molecule has 1 aliphatic rings. The number of aliphatic hydroxyl groups excluding tert-OH is 2. The monoisotopic (exact) mass is 312 g/mol. The molecule has 0 unspecified atom stereocenters. The van der Waals surface area contributed by atoms with E-state index in [0.29, 0.717) is 24.2 Å². The number of nitrogens with zero attached hydrogens (tertiary/aromatic N) is 2. The van der Waals surface area contributed by atoms with Crippen molar-refractivity contribution in [3.05, 3.63) is 34.9 Å². The summed E-state index contributed by atoms with van der Waals surface area (Å²) in [6.45, 7) is 8.00. The first-order chi connectivity index (χ1) is 9.97. The summed E-state index contributed by atoms with van der Waals surface area (Å²) in [5, 5.41) is 20.5. The molecule has 1 aromatic rings. The number of rotatable bonds is 5. The van der Waals surface area contributed by atoms with Crippen LogP contribution in [0.25, 0.3) is 0 Å². The molecule has 4 nitrogen and oxygen atoms in total. The molecule has 0 bridgehead atoms. The lowest BCUT2D eigenvalue weighted by Gasteiger charge is -2.41. The second-order valence-electron chi connectivity index (χ2n) is 5.99. The van der Waals surface area contributed by atoms with Crippen molar-refractivity contribution in [3.63, 3.8) is 0 Å². The lowest BCUT2D eigenvalue weighted by molar-refractivity contribution is 0.0240. The fraction of sp³-hybridized carbons (Fsp3) is 0.625.